The molecule has 4 rings (SSSR count). The smallest absolute Gasteiger partial charge is 0.163 e. The first-order chi connectivity index (χ1) is 9.22. The van der Waals surface area contributed by atoms with Crippen LogP contribution in [0, 0.1) is 11.8 Å². The lowest BCUT2D eigenvalue weighted by atomic mass is 10.1. The zero-order valence-electron chi connectivity index (χ0n) is 10.9. The lowest BCUT2D eigenvalue weighted by molar-refractivity contribution is 0.566. The van der Waals surface area contributed by atoms with Crippen LogP contribution < -0.4 is 5.32 Å². The molecule has 2 fully saturated rings. The molecule has 2 aromatic heterocycles. The van der Waals surface area contributed by atoms with Crippen molar-refractivity contribution in [1.82, 2.24) is 14.5 Å². The number of anilines is 1. The Morgan fingerprint density at radius 3 is 2.63 bits per heavy atom. The number of aromatic nitrogens is 3. The molecule has 2 aliphatic rings. The van der Waals surface area contributed by atoms with Gasteiger partial charge in [-0.3, -0.25) is 0 Å². The predicted molar refractivity (Wildman–Crippen MR) is 76.4 cm³/mol. The van der Waals surface area contributed by atoms with Crippen LogP contribution in [0.15, 0.2) is 12.4 Å². The summed E-state index contributed by atoms with van der Waals surface area (Å²) in [6.07, 6.45) is 7.18. The van der Waals surface area contributed by atoms with E-state index in [1.165, 1.54) is 25.7 Å². The normalized spacial score (nSPS) is 19.3. The van der Waals surface area contributed by atoms with Crippen molar-refractivity contribution in [2.24, 2.45) is 18.9 Å². The second-order valence-electron chi connectivity index (χ2n) is 5.86. The molecule has 19 heavy (non-hydrogen) atoms. The van der Waals surface area contributed by atoms with Gasteiger partial charge in [0.25, 0.3) is 0 Å². The molecule has 0 aromatic carbocycles. The van der Waals surface area contributed by atoms with E-state index in [9.17, 15) is 0 Å². The van der Waals surface area contributed by atoms with E-state index >= 15 is 0 Å². The summed E-state index contributed by atoms with van der Waals surface area (Å²) in [5, 5.41) is 4.30. The highest BCUT2D eigenvalue weighted by atomic mass is 35.5. The van der Waals surface area contributed by atoms with Crippen LogP contribution in [0.2, 0.25) is 5.02 Å². The predicted octanol–water partition coefficient (Wildman–Crippen LogP) is 3.22. The molecule has 2 aromatic rings. The Morgan fingerprint density at radius 1 is 1.32 bits per heavy atom. The number of rotatable bonds is 4. The van der Waals surface area contributed by atoms with Crippen molar-refractivity contribution in [3.63, 3.8) is 0 Å². The number of pyridine rings is 1. The quantitative estimate of drug-likeness (QED) is 0.932. The summed E-state index contributed by atoms with van der Waals surface area (Å²) in [4.78, 5) is 8.93. The Kier molecular flexibility index (Phi) is 2.49. The molecule has 0 spiro atoms. The largest absolute Gasteiger partial charge is 0.367 e. The zero-order valence-corrected chi connectivity index (χ0v) is 11.7. The van der Waals surface area contributed by atoms with E-state index in [4.69, 9.17) is 11.6 Å². The SMILES string of the molecule is Cn1cnc2c(Cl)cc(NC(C3CC3)C3CC3)nc21. The maximum absolute atomic E-state index is 6.29. The van der Waals surface area contributed by atoms with Gasteiger partial charge in [0.1, 0.15) is 11.3 Å². The van der Waals surface area contributed by atoms with E-state index < -0.39 is 0 Å². The maximum Gasteiger partial charge on any atom is 0.163 e. The number of halogens is 1. The molecule has 1 N–H and O–H groups in total. The monoisotopic (exact) mass is 276 g/mol. The molecule has 2 heterocycles. The third-order valence-corrected chi connectivity index (χ3v) is 4.48. The molecular formula is C14H17ClN4. The third-order valence-electron chi connectivity index (χ3n) is 4.20. The average molecular weight is 277 g/mol. The fraction of sp³-hybridized carbons (Fsp3) is 0.571. The summed E-state index contributed by atoms with van der Waals surface area (Å²) in [7, 11) is 1.95. The zero-order chi connectivity index (χ0) is 13.0. The molecule has 4 nitrogen and oxygen atoms in total. The van der Waals surface area contributed by atoms with Gasteiger partial charge in [-0.15, -0.1) is 0 Å². The van der Waals surface area contributed by atoms with Gasteiger partial charge in [-0.05, 0) is 37.5 Å². The first-order valence-corrected chi connectivity index (χ1v) is 7.34. The molecular weight excluding hydrogens is 260 g/mol. The Bertz CT molecular complexity index is 616. The number of nitrogens with one attached hydrogen (secondary N) is 1. The third kappa shape index (κ3) is 2.08. The maximum atomic E-state index is 6.29. The van der Waals surface area contributed by atoms with Gasteiger partial charge in [-0.2, -0.15) is 0 Å². The van der Waals surface area contributed by atoms with Gasteiger partial charge >= 0.3 is 0 Å². The summed E-state index contributed by atoms with van der Waals surface area (Å²) in [5.74, 6) is 2.58. The molecule has 0 bridgehead atoms. The van der Waals surface area contributed by atoms with Crippen molar-refractivity contribution in [3.05, 3.63) is 17.4 Å². The van der Waals surface area contributed by atoms with E-state index in [1.54, 1.807) is 6.33 Å². The highest BCUT2D eigenvalue weighted by Gasteiger charge is 2.41. The van der Waals surface area contributed by atoms with Crippen LogP contribution in [0.3, 0.4) is 0 Å². The average Bonchev–Trinajstić information content (AvgIpc) is 3.27. The van der Waals surface area contributed by atoms with E-state index in [2.05, 4.69) is 15.3 Å². The number of hydrogen-bond donors (Lipinski definition) is 1. The van der Waals surface area contributed by atoms with Gasteiger partial charge in [0.2, 0.25) is 0 Å². The minimum Gasteiger partial charge on any atom is -0.367 e. The minimum atomic E-state index is 0.592. The van der Waals surface area contributed by atoms with Crippen molar-refractivity contribution in [2.75, 3.05) is 5.32 Å². The molecule has 0 atom stereocenters. The summed E-state index contributed by atoms with van der Waals surface area (Å²) in [6, 6.07) is 2.50. The van der Waals surface area contributed by atoms with Crippen LogP contribution in [-0.4, -0.2) is 20.6 Å². The fourth-order valence-electron chi connectivity index (χ4n) is 2.83. The van der Waals surface area contributed by atoms with E-state index in [0.29, 0.717) is 11.1 Å². The van der Waals surface area contributed by atoms with Crippen LogP contribution in [0.4, 0.5) is 5.82 Å². The topological polar surface area (TPSA) is 42.7 Å². The molecule has 0 radical (unpaired) electrons. The second-order valence-corrected chi connectivity index (χ2v) is 6.27. The number of imidazole rings is 1. The van der Waals surface area contributed by atoms with Gasteiger partial charge in [0, 0.05) is 19.2 Å². The molecule has 5 heteroatoms. The number of aryl methyl sites for hydroxylation is 1. The van der Waals surface area contributed by atoms with Crippen molar-refractivity contribution >= 4 is 28.6 Å². The molecule has 2 saturated carbocycles. The molecule has 100 valence electrons. The summed E-state index contributed by atoms with van der Waals surface area (Å²) >= 11 is 6.29. The number of fused-ring (bicyclic) bond motifs is 1. The standard InChI is InChI=1S/C14H17ClN4/c1-19-7-16-13-10(15)6-11(18-14(13)19)17-12(8-2-3-8)9-4-5-9/h6-9,12H,2-5H2,1H3,(H,17,18). The van der Waals surface area contributed by atoms with E-state index in [0.717, 1.165) is 28.8 Å². The van der Waals surface area contributed by atoms with Gasteiger partial charge in [-0.25, -0.2) is 9.97 Å². The highest BCUT2D eigenvalue weighted by molar-refractivity contribution is 6.35. The lowest BCUT2D eigenvalue weighted by Crippen LogP contribution is -2.24. The van der Waals surface area contributed by atoms with Crippen LogP contribution in [0.5, 0.6) is 0 Å². The molecule has 0 unspecified atom stereocenters. The first-order valence-electron chi connectivity index (χ1n) is 6.96. The van der Waals surface area contributed by atoms with Crippen molar-refractivity contribution in [3.8, 4) is 0 Å². The Labute approximate surface area is 117 Å². The van der Waals surface area contributed by atoms with Gasteiger partial charge in [0.15, 0.2) is 5.65 Å². The van der Waals surface area contributed by atoms with Gasteiger partial charge in [-0.1, -0.05) is 11.6 Å². The van der Waals surface area contributed by atoms with Gasteiger partial charge < -0.3 is 9.88 Å². The van der Waals surface area contributed by atoms with Crippen LogP contribution >= 0.6 is 11.6 Å². The summed E-state index contributed by atoms with van der Waals surface area (Å²) in [6.45, 7) is 0. The fourth-order valence-corrected chi connectivity index (χ4v) is 3.07. The van der Waals surface area contributed by atoms with Crippen LogP contribution in [0.1, 0.15) is 25.7 Å². The Morgan fingerprint density at radius 2 is 2.00 bits per heavy atom. The van der Waals surface area contributed by atoms with Gasteiger partial charge in [0.05, 0.1) is 11.3 Å². The van der Waals surface area contributed by atoms with Crippen molar-refractivity contribution in [2.45, 2.75) is 31.7 Å². The number of nitrogens with zero attached hydrogens (tertiary/aromatic N) is 3. The second kappa shape index (κ2) is 4.10. The first kappa shape index (κ1) is 11.5. The summed E-state index contributed by atoms with van der Waals surface area (Å²) in [5.41, 5.74) is 1.63. The van der Waals surface area contributed by atoms with Crippen LogP contribution in [-0.2, 0) is 7.05 Å². The van der Waals surface area contributed by atoms with E-state index in [1.807, 2.05) is 17.7 Å². The molecule has 0 saturated heterocycles. The van der Waals surface area contributed by atoms with Crippen LogP contribution in [0.25, 0.3) is 11.2 Å². The highest BCUT2D eigenvalue weighted by Crippen LogP contribution is 2.45. The Hall–Kier alpha value is -1.29. The molecule has 0 aliphatic heterocycles. The van der Waals surface area contributed by atoms with E-state index in [-0.39, 0.29) is 0 Å². The van der Waals surface area contributed by atoms with Crippen molar-refractivity contribution in [1.29, 1.82) is 0 Å². The Balaban J connectivity index is 1.68. The molecule has 2 aliphatic carbocycles. The lowest BCUT2D eigenvalue weighted by Gasteiger charge is -2.18. The number of hydrogen-bond acceptors (Lipinski definition) is 3. The van der Waals surface area contributed by atoms with Crippen molar-refractivity contribution < 1.29 is 0 Å². The summed E-state index contributed by atoms with van der Waals surface area (Å²) < 4.78 is 1.91. The minimum absolute atomic E-state index is 0.592. The molecule has 0 amide bonds.